The maximum atomic E-state index is 13.1. The Hall–Kier alpha value is -1.91. The van der Waals surface area contributed by atoms with Crippen LogP contribution in [0.1, 0.15) is 68.2 Å². The smallest absolute Gasteiger partial charge is 0.478 e. The molecule has 220 valence electrons. The molecule has 0 saturated carbocycles. The highest BCUT2D eigenvalue weighted by molar-refractivity contribution is 6.67. The third-order valence-corrected chi connectivity index (χ3v) is 6.09. The fraction of sp³-hybridized carbons (Fsp3) is 0.760. The zero-order valence-electron chi connectivity index (χ0n) is 23.4. The van der Waals surface area contributed by atoms with Gasteiger partial charge in [0.2, 0.25) is 3.79 Å². The van der Waals surface area contributed by atoms with E-state index in [0.717, 1.165) is 4.90 Å². The van der Waals surface area contributed by atoms with Crippen molar-refractivity contribution in [2.24, 2.45) is 11.8 Å². The number of carboxylic acids is 1. The monoisotopic (exact) mass is 603 g/mol. The van der Waals surface area contributed by atoms with Crippen LogP contribution in [0.15, 0.2) is 11.6 Å². The standard InChI is InChI=1S/C25H40Cl3NO9/c1-10-14(2)19(37-21(32)17(5)29(9)22(33)38-24(6,7)8)16(4)18(12-11-15(3)20(30)31)36-23(34)35-13-25(26,27)28/h11,14,16-19H,10,12-13H2,1-9H3,(H,30,31)/b15-11+/t14-,16-,17-,18-,19-/m0/s1. The average Bonchev–Trinajstić information content (AvgIpc) is 2.79. The predicted molar refractivity (Wildman–Crippen MR) is 144 cm³/mol. The van der Waals surface area contributed by atoms with Crippen molar-refractivity contribution in [1.29, 1.82) is 0 Å². The molecule has 0 fully saturated rings. The summed E-state index contributed by atoms with van der Waals surface area (Å²) in [5, 5.41) is 9.22. The van der Waals surface area contributed by atoms with Gasteiger partial charge in [-0.1, -0.05) is 68.1 Å². The number of aliphatic carboxylic acids is 1. The summed E-state index contributed by atoms with van der Waals surface area (Å²) in [6, 6.07) is -0.980. The van der Waals surface area contributed by atoms with E-state index >= 15 is 0 Å². The largest absolute Gasteiger partial charge is 0.508 e. The Bertz CT molecular complexity index is 852. The molecule has 0 aromatic rings. The topological polar surface area (TPSA) is 129 Å². The number of halogens is 3. The van der Waals surface area contributed by atoms with Gasteiger partial charge in [-0.05, 0) is 40.5 Å². The second kappa shape index (κ2) is 15.6. The van der Waals surface area contributed by atoms with E-state index in [1.807, 2.05) is 13.8 Å². The van der Waals surface area contributed by atoms with Crippen LogP contribution in [0.4, 0.5) is 9.59 Å². The molecule has 0 saturated heterocycles. The Morgan fingerprint density at radius 2 is 1.58 bits per heavy atom. The summed E-state index contributed by atoms with van der Waals surface area (Å²) in [5.41, 5.74) is -0.718. The normalized spacial score (nSPS) is 16.4. The van der Waals surface area contributed by atoms with Crippen molar-refractivity contribution in [2.75, 3.05) is 13.7 Å². The number of nitrogens with zero attached hydrogens (tertiary/aromatic N) is 1. The van der Waals surface area contributed by atoms with Crippen LogP contribution in [0.25, 0.3) is 0 Å². The molecule has 0 rings (SSSR count). The number of likely N-dealkylation sites (N-methyl/N-ethyl adjacent to an activating group) is 1. The molecule has 0 aliphatic rings. The first-order chi connectivity index (χ1) is 17.2. The molecule has 38 heavy (non-hydrogen) atoms. The minimum absolute atomic E-state index is 0.0139. The van der Waals surface area contributed by atoms with E-state index in [9.17, 15) is 24.3 Å². The number of amides is 1. The van der Waals surface area contributed by atoms with E-state index < -0.39 is 64.4 Å². The van der Waals surface area contributed by atoms with Crippen molar-refractivity contribution < 1.29 is 43.2 Å². The lowest BCUT2D eigenvalue weighted by Crippen LogP contribution is -2.47. The maximum absolute atomic E-state index is 13.1. The molecular formula is C25H40Cl3NO9. The van der Waals surface area contributed by atoms with Gasteiger partial charge in [-0.25, -0.2) is 19.2 Å². The number of alkyl halides is 3. The SMILES string of the molecule is CC[C@H](C)[C@H](OC(=O)[C@H](C)N(C)C(=O)OC(C)(C)C)[C@@H](C)[C@H](C/C=C(\C)C(=O)O)OC(=O)OCC(Cl)(Cl)Cl. The molecule has 0 aromatic carbocycles. The Balaban J connectivity index is 5.89. The van der Waals surface area contributed by atoms with Gasteiger partial charge in [0.25, 0.3) is 0 Å². The summed E-state index contributed by atoms with van der Waals surface area (Å²) in [7, 11) is 1.42. The number of hydrogen-bond donors (Lipinski definition) is 1. The number of esters is 1. The number of ether oxygens (including phenoxy) is 4. The van der Waals surface area contributed by atoms with E-state index in [1.165, 1.54) is 27.0 Å². The molecule has 0 radical (unpaired) electrons. The van der Waals surface area contributed by atoms with Gasteiger partial charge in [0, 0.05) is 25.0 Å². The van der Waals surface area contributed by atoms with Gasteiger partial charge < -0.3 is 24.1 Å². The molecule has 5 atom stereocenters. The fourth-order valence-corrected chi connectivity index (χ4v) is 3.28. The molecular weight excluding hydrogens is 565 g/mol. The Morgan fingerprint density at radius 1 is 1.03 bits per heavy atom. The molecule has 0 aliphatic carbocycles. The zero-order valence-corrected chi connectivity index (χ0v) is 25.6. The lowest BCUT2D eigenvalue weighted by molar-refractivity contribution is -0.163. The van der Waals surface area contributed by atoms with Gasteiger partial charge in [0.05, 0.1) is 0 Å². The van der Waals surface area contributed by atoms with Crippen LogP contribution in [0.5, 0.6) is 0 Å². The number of hydrogen-bond acceptors (Lipinski definition) is 8. The highest BCUT2D eigenvalue weighted by Gasteiger charge is 2.37. The van der Waals surface area contributed by atoms with Gasteiger partial charge in [0.1, 0.15) is 30.5 Å². The summed E-state index contributed by atoms with van der Waals surface area (Å²) in [6.07, 6.45) is -1.58. The minimum Gasteiger partial charge on any atom is -0.478 e. The van der Waals surface area contributed by atoms with Crippen molar-refractivity contribution in [2.45, 2.75) is 95.9 Å². The number of carbonyl (C=O) groups is 4. The van der Waals surface area contributed by atoms with Crippen molar-refractivity contribution in [3.05, 3.63) is 11.6 Å². The minimum atomic E-state index is -1.86. The van der Waals surface area contributed by atoms with Crippen LogP contribution in [0.3, 0.4) is 0 Å². The molecule has 0 bridgehead atoms. The third-order valence-electron chi connectivity index (χ3n) is 5.76. The zero-order chi connectivity index (χ0) is 30.0. The van der Waals surface area contributed by atoms with E-state index in [4.69, 9.17) is 53.8 Å². The van der Waals surface area contributed by atoms with Crippen LogP contribution in [0.2, 0.25) is 0 Å². The van der Waals surface area contributed by atoms with E-state index in [-0.39, 0.29) is 17.9 Å². The Morgan fingerprint density at radius 3 is 2.03 bits per heavy atom. The Labute approximate surface area is 239 Å². The first-order valence-corrected chi connectivity index (χ1v) is 13.3. The molecule has 0 unspecified atom stereocenters. The predicted octanol–water partition coefficient (Wildman–Crippen LogP) is 6.15. The summed E-state index contributed by atoms with van der Waals surface area (Å²) in [4.78, 5) is 50.2. The molecule has 1 N–H and O–H groups in total. The first-order valence-electron chi connectivity index (χ1n) is 12.2. The third kappa shape index (κ3) is 13.8. The van der Waals surface area contributed by atoms with Gasteiger partial charge in [-0.2, -0.15) is 0 Å². The van der Waals surface area contributed by atoms with Crippen molar-refractivity contribution >= 4 is 59.0 Å². The van der Waals surface area contributed by atoms with Gasteiger partial charge >= 0.3 is 24.2 Å². The number of carbonyl (C=O) groups excluding carboxylic acids is 3. The lowest BCUT2D eigenvalue weighted by atomic mass is 9.86. The highest BCUT2D eigenvalue weighted by Crippen LogP contribution is 2.29. The van der Waals surface area contributed by atoms with Crippen LogP contribution >= 0.6 is 34.8 Å². The fourth-order valence-electron chi connectivity index (χ4n) is 3.12. The summed E-state index contributed by atoms with van der Waals surface area (Å²) in [5.74, 6) is -2.64. The van der Waals surface area contributed by atoms with Crippen LogP contribution in [0, 0.1) is 11.8 Å². The molecule has 0 aromatic heterocycles. The van der Waals surface area contributed by atoms with Crippen LogP contribution < -0.4 is 0 Å². The Kier molecular flexibility index (Phi) is 14.8. The van der Waals surface area contributed by atoms with Crippen LogP contribution in [-0.2, 0) is 28.5 Å². The second-order valence-electron chi connectivity index (χ2n) is 10.2. The molecule has 10 nitrogen and oxygen atoms in total. The number of carboxylic acid groups (broad SMARTS) is 1. The lowest BCUT2D eigenvalue weighted by Gasteiger charge is -2.35. The van der Waals surface area contributed by atoms with Gasteiger partial charge in [-0.3, -0.25) is 4.90 Å². The molecule has 13 heteroatoms. The van der Waals surface area contributed by atoms with E-state index in [1.54, 1.807) is 27.7 Å². The number of rotatable bonds is 12. The van der Waals surface area contributed by atoms with Crippen LogP contribution in [-0.4, -0.2) is 75.5 Å². The van der Waals surface area contributed by atoms with E-state index in [0.29, 0.717) is 6.42 Å². The molecule has 0 heterocycles. The highest BCUT2D eigenvalue weighted by atomic mass is 35.6. The molecule has 0 spiro atoms. The van der Waals surface area contributed by atoms with Gasteiger partial charge in [0.15, 0.2) is 0 Å². The van der Waals surface area contributed by atoms with Crippen molar-refractivity contribution in [1.82, 2.24) is 4.90 Å². The van der Waals surface area contributed by atoms with Crippen molar-refractivity contribution in [3.63, 3.8) is 0 Å². The summed E-state index contributed by atoms with van der Waals surface area (Å²) >= 11 is 16.9. The maximum Gasteiger partial charge on any atom is 0.508 e. The van der Waals surface area contributed by atoms with E-state index in [2.05, 4.69) is 0 Å². The van der Waals surface area contributed by atoms with Gasteiger partial charge in [-0.15, -0.1) is 0 Å². The molecule has 0 aliphatic heterocycles. The quantitative estimate of drug-likeness (QED) is 0.121. The summed E-state index contributed by atoms with van der Waals surface area (Å²) < 4.78 is 19.6. The first kappa shape index (κ1) is 36.1. The average molecular weight is 605 g/mol. The molecule has 1 amide bonds. The second-order valence-corrected chi connectivity index (χ2v) is 12.7. The summed E-state index contributed by atoms with van der Waals surface area (Å²) in [6.45, 7) is 12.9. The van der Waals surface area contributed by atoms with Crippen molar-refractivity contribution in [3.8, 4) is 0 Å².